The van der Waals surface area contributed by atoms with Gasteiger partial charge in [0.25, 0.3) is 0 Å². The van der Waals surface area contributed by atoms with Crippen molar-refractivity contribution in [2.24, 2.45) is 0 Å². The Morgan fingerprint density at radius 3 is 1.38 bits per heavy atom. The second kappa shape index (κ2) is 4.10. The fourth-order valence-electron chi connectivity index (χ4n) is 2.79. The third-order valence-corrected chi connectivity index (χ3v) is 15.0. The summed E-state index contributed by atoms with van der Waals surface area (Å²) in [7, 11) is 0. The summed E-state index contributed by atoms with van der Waals surface area (Å²) in [5.74, 6) is 0. The number of hydrogen-bond donors (Lipinski definition) is 0. The molecule has 1 aliphatic heterocycles. The molecule has 0 atom stereocenters. The van der Waals surface area contributed by atoms with Crippen molar-refractivity contribution in [2.75, 3.05) is 0 Å². The maximum absolute atomic E-state index is 2.35. The first-order valence-corrected chi connectivity index (χ1v) is 11.1. The van der Waals surface area contributed by atoms with E-state index in [4.69, 9.17) is 0 Å². The molecule has 0 nitrogen and oxygen atoms in total. The number of hydrogen-bond acceptors (Lipinski definition) is 0. The van der Waals surface area contributed by atoms with Gasteiger partial charge in [0.15, 0.2) is 0 Å². The van der Waals surface area contributed by atoms with Crippen molar-refractivity contribution in [3.63, 3.8) is 0 Å². The van der Waals surface area contributed by atoms with E-state index in [2.05, 4.69) is 60.7 Å². The molecule has 16 heavy (non-hydrogen) atoms. The van der Waals surface area contributed by atoms with Crippen LogP contribution in [0.15, 0.2) is 60.7 Å². The van der Waals surface area contributed by atoms with E-state index in [1.807, 2.05) is 0 Å². The van der Waals surface area contributed by atoms with Crippen molar-refractivity contribution < 1.29 is 0 Å². The van der Waals surface area contributed by atoms with Gasteiger partial charge in [0.2, 0.25) is 0 Å². The minimum absolute atomic E-state index is 1.43. The first-order chi connectivity index (χ1) is 7.92. The summed E-state index contributed by atoms with van der Waals surface area (Å²) >= 11 is -1.86. The molecule has 0 unspecified atom stereocenters. The second-order valence-corrected chi connectivity index (χ2v) is 13.7. The molecular formula is C15H16Ge. The van der Waals surface area contributed by atoms with Gasteiger partial charge in [-0.2, -0.15) is 0 Å². The fourth-order valence-corrected chi connectivity index (χ4v) is 11.6. The number of rotatable bonds is 2. The Morgan fingerprint density at radius 1 is 0.625 bits per heavy atom. The average Bonchev–Trinajstić information content (AvgIpc) is 2.31. The Hall–Kier alpha value is -1.02. The Labute approximate surface area is 99.7 Å². The van der Waals surface area contributed by atoms with Crippen LogP contribution in [0.25, 0.3) is 0 Å². The summed E-state index contributed by atoms with van der Waals surface area (Å²) in [4.78, 5) is 0. The normalized spacial score (nSPS) is 17.8. The van der Waals surface area contributed by atoms with Crippen LogP contribution in [0.2, 0.25) is 10.5 Å². The van der Waals surface area contributed by atoms with Gasteiger partial charge in [-0.05, 0) is 0 Å². The monoisotopic (exact) mass is 270 g/mol. The van der Waals surface area contributed by atoms with Crippen molar-refractivity contribution in [1.82, 2.24) is 0 Å². The summed E-state index contributed by atoms with van der Waals surface area (Å²) < 4.78 is 3.33. The van der Waals surface area contributed by atoms with Crippen LogP contribution in [0.3, 0.4) is 0 Å². The van der Waals surface area contributed by atoms with E-state index >= 15 is 0 Å². The van der Waals surface area contributed by atoms with Gasteiger partial charge in [0.05, 0.1) is 0 Å². The summed E-state index contributed by atoms with van der Waals surface area (Å²) in [6.45, 7) is 0. The Bertz CT molecular complexity index is 416. The molecule has 1 aliphatic rings. The molecule has 2 aromatic rings. The zero-order valence-corrected chi connectivity index (χ0v) is 11.5. The maximum atomic E-state index is 2.35. The molecule has 1 heteroatoms. The number of benzene rings is 2. The van der Waals surface area contributed by atoms with Crippen LogP contribution in [0.5, 0.6) is 0 Å². The van der Waals surface area contributed by atoms with Gasteiger partial charge < -0.3 is 0 Å². The molecule has 1 saturated heterocycles. The van der Waals surface area contributed by atoms with Gasteiger partial charge in [-0.3, -0.25) is 0 Å². The molecule has 0 aromatic heterocycles. The van der Waals surface area contributed by atoms with Crippen molar-refractivity contribution in [2.45, 2.75) is 16.9 Å². The zero-order chi connectivity index (χ0) is 10.8. The fraction of sp³-hybridized carbons (Fsp3) is 0.200. The summed E-state index contributed by atoms with van der Waals surface area (Å²) in [6.07, 6.45) is 1.43. The van der Waals surface area contributed by atoms with Crippen LogP contribution in [-0.4, -0.2) is 13.3 Å². The Morgan fingerprint density at radius 2 is 1.06 bits per heavy atom. The molecule has 2 aromatic carbocycles. The predicted molar refractivity (Wildman–Crippen MR) is 72.1 cm³/mol. The quantitative estimate of drug-likeness (QED) is 0.735. The molecule has 0 bridgehead atoms. The van der Waals surface area contributed by atoms with Crippen LogP contribution in [0.4, 0.5) is 0 Å². The Kier molecular flexibility index (Phi) is 2.60. The molecule has 1 fully saturated rings. The van der Waals surface area contributed by atoms with Crippen LogP contribution < -0.4 is 8.79 Å². The van der Waals surface area contributed by atoms with Crippen LogP contribution >= 0.6 is 0 Å². The van der Waals surface area contributed by atoms with Gasteiger partial charge in [-0.1, -0.05) is 0 Å². The second-order valence-electron chi connectivity index (χ2n) is 4.67. The van der Waals surface area contributed by atoms with E-state index in [-0.39, 0.29) is 0 Å². The molecule has 0 spiro atoms. The SMILES string of the molecule is c1cc[c]([Ge]2([c]3ccccc3)[CH2]C[CH2]2)cc1. The molecule has 0 radical (unpaired) electrons. The molecule has 3 rings (SSSR count). The molecule has 0 amide bonds. The first kappa shape index (κ1) is 10.2. The van der Waals surface area contributed by atoms with Crippen molar-refractivity contribution in [1.29, 1.82) is 0 Å². The topological polar surface area (TPSA) is 0 Å². The van der Waals surface area contributed by atoms with E-state index in [0.29, 0.717) is 0 Å². The third-order valence-electron chi connectivity index (χ3n) is 3.86. The summed E-state index contributed by atoms with van der Waals surface area (Å²) in [5, 5.41) is 2.96. The van der Waals surface area contributed by atoms with E-state index in [1.54, 1.807) is 8.79 Å². The van der Waals surface area contributed by atoms with Gasteiger partial charge in [0.1, 0.15) is 0 Å². The molecule has 80 valence electrons. The van der Waals surface area contributed by atoms with E-state index in [9.17, 15) is 0 Å². The molecule has 0 N–H and O–H groups in total. The summed E-state index contributed by atoms with van der Waals surface area (Å²) in [6, 6.07) is 22.5. The summed E-state index contributed by atoms with van der Waals surface area (Å²) in [5.41, 5.74) is 0. The Balaban J connectivity index is 2.08. The van der Waals surface area contributed by atoms with Gasteiger partial charge in [-0.25, -0.2) is 0 Å². The van der Waals surface area contributed by atoms with E-state index in [1.165, 1.54) is 16.9 Å². The van der Waals surface area contributed by atoms with Crippen molar-refractivity contribution >= 4 is 22.1 Å². The van der Waals surface area contributed by atoms with Gasteiger partial charge >= 0.3 is 99.6 Å². The average molecular weight is 269 g/mol. The van der Waals surface area contributed by atoms with E-state index < -0.39 is 13.3 Å². The third kappa shape index (κ3) is 1.52. The van der Waals surface area contributed by atoms with Crippen LogP contribution in [-0.2, 0) is 0 Å². The van der Waals surface area contributed by atoms with Crippen LogP contribution in [0.1, 0.15) is 6.42 Å². The zero-order valence-electron chi connectivity index (χ0n) is 9.39. The van der Waals surface area contributed by atoms with Gasteiger partial charge in [-0.15, -0.1) is 0 Å². The van der Waals surface area contributed by atoms with Crippen LogP contribution in [0, 0.1) is 0 Å². The van der Waals surface area contributed by atoms with Gasteiger partial charge in [0, 0.05) is 0 Å². The first-order valence-electron chi connectivity index (χ1n) is 6.03. The standard InChI is InChI=1S/C15H16Ge/c1-3-8-14(9-4-1)16(12-7-13-16)15-10-5-2-6-11-15/h1-6,8-11H,7,12-13H2. The van der Waals surface area contributed by atoms with Crippen molar-refractivity contribution in [3.05, 3.63) is 60.7 Å². The predicted octanol–water partition coefficient (Wildman–Crippen LogP) is 2.65. The molecule has 1 heterocycles. The van der Waals surface area contributed by atoms with E-state index in [0.717, 1.165) is 0 Å². The minimum atomic E-state index is -1.86. The molecular weight excluding hydrogens is 253 g/mol. The molecule has 0 saturated carbocycles. The molecule has 0 aliphatic carbocycles. The van der Waals surface area contributed by atoms with Crippen molar-refractivity contribution in [3.8, 4) is 0 Å².